The van der Waals surface area contributed by atoms with Crippen LogP contribution in [0.2, 0.25) is 6.04 Å². The highest BCUT2D eigenvalue weighted by Gasteiger charge is 2.23. The molecule has 1 aliphatic heterocycles. The highest BCUT2D eigenvalue weighted by molar-refractivity contribution is 6.53. The van der Waals surface area contributed by atoms with Crippen molar-refractivity contribution in [1.82, 2.24) is 0 Å². The van der Waals surface area contributed by atoms with Crippen molar-refractivity contribution in [2.24, 2.45) is 0 Å². The van der Waals surface area contributed by atoms with Gasteiger partial charge in [0.25, 0.3) is 0 Å². The number of aliphatic hydroxyl groups excluding tert-OH is 2. The van der Waals surface area contributed by atoms with Crippen LogP contribution in [0.5, 0.6) is 0 Å². The maximum absolute atomic E-state index is 9.17. The van der Waals surface area contributed by atoms with Gasteiger partial charge in [-0.1, -0.05) is 6.42 Å². The van der Waals surface area contributed by atoms with E-state index in [0.717, 1.165) is 25.5 Å². The van der Waals surface area contributed by atoms with Crippen molar-refractivity contribution in [2.45, 2.75) is 24.6 Å². The number of aliphatic hydroxyl groups is 2. The van der Waals surface area contributed by atoms with Gasteiger partial charge >= 0.3 is 0 Å². The van der Waals surface area contributed by atoms with Gasteiger partial charge in [-0.2, -0.15) is 0 Å². The second kappa shape index (κ2) is 4.08. The molecule has 1 heterocycles. The lowest BCUT2D eigenvalue weighted by Crippen LogP contribution is -2.39. The Labute approximate surface area is 62.4 Å². The van der Waals surface area contributed by atoms with Gasteiger partial charge in [-0.3, -0.25) is 0 Å². The van der Waals surface area contributed by atoms with E-state index < -0.39 is 14.8 Å². The predicted molar refractivity (Wildman–Crippen MR) is 40.2 cm³/mol. The smallest absolute Gasteiger partial charge is 0.207 e. The van der Waals surface area contributed by atoms with E-state index in [-0.39, 0.29) is 6.61 Å². The molecule has 0 radical (unpaired) electrons. The van der Waals surface area contributed by atoms with Crippen molar-refractivity contribution in [2.75, 3.05) is 13.2 Å². The Morgan fingerprint density at radius 2 is 2.30 bits per heavy atom. The third-order valence-electron chi connectivity index (χ3n) is 1.83. The Bertz CT molecular complexity index is 93.0. The fourth-order valence-corrected chi connectivity index (χ4v) is 3.36. The van der Waals surface area contributed by atoms with Gasteiger partial charge in [0.05, 0.1) is 12.3 Å². The first-order valence-corrected chi connectivity index (χ1v) is 5.70. The summed E-state index contributed by atoms with van der Waals surface area (Å²) in [6.45, 7) is 0.658. The largest absolute Gasteiger partial charge is 0.417 e. The lowest BCUT2D eigenvalue weighted by atomic mass is 10.4. The number of rotatable bonds is 2. The summed E-state index contributed by atoms with van der Waals surface area (Å²) in [6.07, 6.45) is 2.27. The normalized spacial score (nSPS) is 30.0. The minimum Gasteiger partial charge on any atom is -0.417 e. The summed E-state index contributed by atoms with van der Waals surface area (Å²) in [4.78, 5) is 0. The molecule has 10 heavy (non-hydrogen) atoms. The molecule has 0 aliphatic carbocycles. The minimum absolute atomic E-state index is 0.128. The van der Waals surface area contributed by atoms with Crippen LogP contribution in [0.3, 0.4) is 0 Å². The third kappa shape index (κ3) is 2.05. The van der Waals surface area contributed by atoms with E-state index >= 15 is 0 Å². The first-order chi connectivity index (χ1) is 4.84. The summed E-state index contributed by atoms with van der Waals surface area (Å²) < 4.78 is 5.36. The van der Waals surface area contributed by atoms with E-state index in [1.807, 2.05) is 0 Å². The monoisotopic (exact) mass is 162 g/mol. The molecular weight excluding hydrogens is 148 g/mol. The summed E-state index contributed by atoms with van der Waals surface area (Å²) in [5.74, 6) is 0. The second-order valence-electron chi connectivity index (χ2n) is 2.65. The lowest BCUT2D eigenvalue weighted by Gasteiger charge is -2.23. The highest BCUT2D eigenvalue weighted by Crippen LogP contribution is 2.12. The molecule has 1 fully saturated rings. The molecule has 2 atom stereocenters. The summed E-state index contributed by atoms with van der Waals surface area (Å²) in [7, 11) is -1.41. The molecule has 0 aromatic heterocycles. The molecule has 2 N–H and O–H groups in total. The molecule has 0 aromatic carbocycles. The van der Waals surface area contributed by atoms with Gasteiger partial charge in [0.2, 0.25) is 9.04 Å². The quantitative estimate of drug-likeness (QED) is 0.534. The van der Waals surface area contributed by atoms with Gasteiger partial charge < -0.3 is 14.6 Å². The third-order valence-corrected chi connectivity index (χ3v) is 4.54. The summed E-state index contributed by atoms with van der Waals surface area (Å²) >= 11 is 0. The molecule has 60 valence electrons. The van der Waals surface area contributed by atoms with Crippen LogP contribution in [-0.2, 0) is 4.43 Å². The van der Waals surface area contributed by atoms with Crippen LogP contribution in [0, 0.1) is 0 Å². The second-order valence-corrected chi connectivity index (χ2v) is 5.41. The molecule has 3 nitrogen and oxygen atoms in total. The topological polar surface area (TPSA) is 49.7 Å². The van der Waals surface area contributed by atoms with Crippen molar-refractivity contribution in [3.63, 3.8) is 0 Å². The molecule has 0 amide bonds. The van der Waals surface area contributed by atoms with Gasteiger partial charge in [-0.15, -0.1) is 0 Å². The molecule has 1 aliphatic rings. The van der Waals surface area contributed by atoms with E-state index in [0.29, 0.717) is 0 Å². The Kier molecular flexibility index (Phi) is 3.34. The van der Waals surface area contributed by atoms with E-state index in [1.54, 1.807) is 0 Å². The molecule has 0 spiro atoms. The van der Waals surface area contributed by atoms with Crippen LogP contribution in [-0.4, -0.2) is 38.2 Å². The summed E-state index contributed by atoms with van der Waals surface area (Å²) in [5.41, 5.74) is -0.541. The molecule has 0 bridgehead atoms. The average Bonchev–Trinajstić information content (AvgIpc) is 2.05. The molecule has 0 aromatic rings. The standard InChI is InChI=1S/C6H14O3Si/c7-5-6(8)10-4-2-1-3-9-10/h6-8,10H,1-5H2. The Balaban J connectivity index is 2.24. The lowest BCUT2D eigenvalue weighted by molar-refractivity contribution is 0.124. The van der Waals surface area contributed by atoms with Gasteiger partial charge in [-0.25, -0.2) is 0 Å². The molecule has 1 rings (SSSR count). The fraction of sp³-hybridized carbons (Fsp3) is 1.00. The predicted octanol–water partition coefficient (Wildman–Crippen LogP) is -0.587. The molecule has 1 saturated heterocycles. The maximum Gasteiger partial charge on any atom is 0.207 e. The zero-order valence-corrected chi connectivity index (χ0v) is 7.15. The van der Waals surface area contributed by atoms with Crippen LogP contribution in [0.4, 0.5) is 0 Å². The number of hydrogen-bond acceptors (Lipinski definition) is 3. The highest BCUT2D eigenvalue weighted by atomic mass is 28.3. The first-order valence-electron chi connectivity index (χ1n) is 3.75. The van der Waals surface area contributed by atoms with Gasteiger partial charge in [0.15, 0.2) is 0 Å². The first kappa shape index (κ1) is 8.20. The molecule has 2 unspecified atom stereocenters. The zero-order valence-electron chi connectivity index (χ0n) is 5.99. The summed E-state index contributed by atoms with van der Waals surface area (Å²) in [6, 6.07) is 1.02. The van der Waals surface area contributed by atoms with E-state index in [2.05, 4.69) is 0 Å². The SMILES string of the molecule is OCC(O)[SiH]1CCCCO1. The minimum atomic E-state index is -1.41. The van der Waals surface area contributed by atoms with Crippen molar-refractivity contribution in [1.29, 1.82) is 0 Å². The van der Waals surface area contributed by atoms with E-state index in [9.17, 15) is 0 Å². The molecule has 4 heteroatoms. The van der Waals surface area contributed by atoms with Crippen LogP contribution in [0.25, 0.3) is 0 Å². The Hall–Kier alpha value is 0.0969. The van der Waals surface area contributed by atoms with Crippen molar-refractivity contribution >= 4 is 9.04 Å². The fourth-order valence-electron chi connectivity index (χ4n) is 1.19. The maximum atomic E-state index is 9.17. The molecular formula is C6H14O3Si. The van der Waals surface area contributed by atoms with Crippen molar-refractivity contribution in [3.8, 4) is 0 Å². The van der Waals surface area contributed by atoms with Gasteiger partial charge in [0, 0.05) is 6.61 Å². The van der Waals surface area contributed by atoms with Crippen LogP contribution < -0.4 is 0 Å². The van der Waals surface area contributed by atoms with Gasteiger partial charge in [0.1, 0.15) is 0 Å². The summed E-state index contributed by atoms with van der Waals surface area (Å²) in [5, 5.41) is 17.8. The van der Waals surface area contributed by atoms with E-state index in [4.69, 9.17) is 14.6 Å². The van der Waals surface area contributed by atoms with Crippen LogP contribution in [0.1, 0.15) is 12.8 Å². The average molecular weight is 162 g/mol. The Morgan fingerprint density at radius 3 is 2.80 bits per heavy atom. The van der Waals surface area contributed by atoms with Crippen molar-refractivity contribution < 1.29 is 14.6 Å². The zero-order chi connectivity index (χ0) is 7.40. The van der Waals surface area contributed by atoms with Crippen molar-refractivity contribution in [3.05, 3.63) is 0 Å². The van der Waals surface area contributed by atoms with Gasteiger partial charge in [-0.05, 0) is 12.5 Å². The molecule has 0 saturated carbocycles. The van der Waals surface area contributed by atoms with Crippen LogP contribution >= 0.6 is 0 Å². The number of hydrogen-bond donors (Lipinski definition) is 2. The Morgan fingerprint density at radius 1 is 1.50 bits per heavy atom. The van der Waals surface area contributed by atoms with Crippen LogP contribution in [0.15, 0.2) is 0 Å². The van der Waals surface area contributed by atoms with E-state index in [1.165, 1.54) is 0 Å².